The van der Waals surface area contributed by atoms with E-state index in [0.717, 1.165) is 22.7 Å². The minimum absolute atomic E-state index is 0.348. The average molecular weight is 223 g/mol. The summed E-state index contributed by atoms with van der Waals surface area (Å²) < 4.78 is 0. The number of carbonyl (C=O) groups is 2. The van der Waals surface area contributed by atoms with E-state index in [1.165, 1.54) is 23.5 Å². The highest BCUT2D eigenvalue weighted by Gasteiger charge is 2.28. The summed E-state index contributed by atoms with van der Waals surface area (Å²) in [5.74, 6) is -0.696. The number of nitrogens with zero attached hydrogens (tertiary/aromatic N) is 3. The monoisotopic (exact) mass is 223 g/mol. The Morgan fingerprint density at radius 2 is 1.93 bits per heavy atom. The number of anilines is 1. The highest BCUT2D eigenvalue weighted by Crippen LogP contribution is 2.23. The molecular formula is C9H9N3O2S. The van der Waals surface area contributed by atoms with Crippen molar-refractivity contribution in [1.29, 1.82) is 0 Å². The van der Waals surface area contributed by atoms with Gasteiger partial charge in [0, 0.05) is 18.6 Å². The maximum Gasteiger partial charge on any atom is 0.260 e. The van der Waals surface area contributed by atoms with Crippen LogP contribution in [0.3, 0.4) is 0 Å². The molecule has 1 aliphatic heterocycles. The second-order valence-electron chi connectivity index (χ2n) is 3.07. The molecule has 0 saturated carbocycles. The fourth-order valence-corrected chi connectivity index (χ4v) is 2.19. The highest BCUT2D eigenvalue weighted by atomic mass is 32.1. The molecule has 0 radical (unpaired) electrons. The minimum Gasteiger partial charge on any atom is -0.269 e. The SMILES string of the molecule is CCCc1nnc(N2C(=O)C=CC2=O)s1. The third-order valence-electron chi connectivity index (χ3n) is 1.92. The zero-order valence-electron chi connectivity index (χ0n) is 8.14. The van der Waals surface area contributed by atoms with Crippen LogP contribution in [0.4, 0.5) is 5.13 Å². The van der Waals surface area contributed by atoms with Crippen molar-refractivity contribution in [1.82, 2.24) is 10.2 Å². The fourth-order valence-electron chi connectivity index (χ4n) is 1.24. The Morgan fingerprint density at radius 1 is 1.27 bits per heavy atom. The number of rotatable bonds is 3. The molecule has 0 unspecified atom stereocenters. The molecule has 78 valence electrons. The average Bonchev–Trinajstić information content (AvgIpc) is 2.75. The van der Waals surface area contributed by atoms with Crippen LogP contribution in [0.25, 0.3) is 0 Å². The summed E-state index contributed by atoms with van der Waals surface area (Å²) in [6, 6.07) is 0. The Balaban J connectivity index is 2.22. The predicted octanol–water partition coefficient (Wildman–Crippen LogP) is 0.920. The Kier molecular flexibility index (Phi) is 2.59. The first kappa shape index (κ1) is 9.97. The second kappa shape index (κ2) is 3.90. The van der Waals surface area contributed by atoms with Gasteiger partial charge in [-0.2, -0.15) is 0 Å². The zero-order valence-corrected chi connectivity index (χ0v) is 8.95. The van der Waals surface area contributed by atoms with Crippen LogP contribution in [0.1, 0.15) is 18.4 Å². The summed E-state index contributed by atoms with van der Waals surface area (Å²) in [6.45, 7) is 2.04. The molecule has 0 spiro atoms. The number of hydrogen-bond acceptors (Lipinski definition) is 5. The lowest BCUT2D eigenvalue weighted by Gasteiger charge is -2.07. The molecule has 2 amide bonds. The Morgan fingerprint density at radius 3 is 2.53 bits per heavy atom. The number of aromatic nitrogens is 2. The van der Waals surface area contributed by atoms with Crippen LogP contribution in [-0.4, -0.2) is 22.0 Å². The number of hydrogen-bond donors (Lipinski definition) is 0. The van der Waals surface area contributed by atoms with Gasteiger partial charge in [0.1, 0.15) is 5.01 Å². The van der Waals surface area contributed by atoms with Crippen molar-refractivity contribution in [3.8, 4) is 0 Å². The van der Waals surface area contributed by atoms with E-state index in [0.29, 0.717) is 5.13 Å². The first-order valence-electron chi connectivity index (χ1n) is 4.61. The van der Waals surface area contributed by atoms with Gasteiger partial charge in [-0.05, 0) is 6.42 Å². The van der Waals surface area contributed by atoms with E-state index >= 15 is 0 Å². The topological polar surface area (TPSA) is 63.2 Å². The Hall–Kier alpha value is -1.56. The molecule has 6 heteroatoms. The molecule has 15 heavy (non-hydrogen) atoms. The van der Waals surface area contributed by atoms with Gasteiger partial charge in [-0.1, -0.05) is 18.3 Å². The third-order valence-corrected chi connectivity index (χ3v) is 2.89. The summed E-state index contributed by atoms with van der Waals surface area (Å²) in [7, 11) is 0. The van der Waals surface area contributed by atoms with E-state index in [4.69, 9.17) is 0 Å². The van der Waals surface area contributed by atoms with Crippen LogP contribution in [0.5, 0.6) is 0 Å². The summed E-state index contributed by atoms with van der Waals surface area (Å²) >= 11 is 1.28. The lowest BCUT2D eigenvalue weighted by atomic mass is 10.4. The van der Waals surface area contributed by atoms with E-state index in [1.54, 1.807) is 0 Å². The van der Waals surface area contributed by atoms with Crippen molar-refractivity contribution >= 4 is 28.3 Å². The van der Waals surface area contributed by atoms with E-state index in [-0.39, 0.29) is 11.8 Å². The molecule has 0 saturated heterocycles. The van der Waals surface area contributed by atoms with Crippen molar-refractivity contribution in [3.63, 3.8) is 0 Å². The van der Waals surface area contributed by atoms with Gasteiger partial charge < -0.3 is 0 Å². The van der Waals surface area contributed by atoms with Gasteiger partial charge in [0.05, 0.1) is 0 Å². The van der Waals surface area contributed by atoms with E-state index in [9.17, 15) is 9.59 Å². The minimum atomic E-state index is -0.348. The number of imide groups is 1. The molecule has 5 nitrogen and oxygen atoms in total. The molecule has 0 aromatic carbocycles. The Bertz CT molecular complexity index is 420. The van der Waals surface area contributed by atoms with Gasteiger partial charge >= 0.3 is 0 Å². The van der Waals surface area contributed by atoms with E-state index < -0.39 is 0 Å². The van der Waals surface area contributed by atoms with Crippen molar-refractivity contribution < 1.29 is 9.59 Å². The van der Waals surface area contributed by atoms with Crippen LogP contribution in [0, 0.1) is 0 Å². The molecule has 0 bridgehead atoms. The molecule has 2 rings (SSSR count). The number of aryl methyl sites for hydroxylation is 1. The van der Waals surface area contributed by atoms with Gasteiger partial charge in [0.15, 0.2) is 0 Å². The molecular weight excluding hydrogens is 214 g/mol. The summed E-state index contributed by atoms with van der Waals surface area (Å²) in [4.78, 5) is 23.7. The molecule has 0 atom stereocenters. The van der Waals surface area contributed by atoms with Crippen molar-refractivity contribution in [2.75, 3.05) is 4.90 Å². The summed E-state index contributed by atoms with van der Waals surface area (Å²) in [5.41, 5.74) is 0. The van der Waals surface area contributed by atoms with Gasteiger partial charge in [-0.25, -0.2) is 4.90 Å². The smallest absolute Gasteiger partial charge is 0.260 e. The van der Waals surface area contributed by atoms with Crippen molar-refractivity contribution in [2.45, 2.75) is 19.8 Å². The van der Waals surface area contributed by atoms with Gasteiger partial charge in [0.25, 0.3) is 11.8 Å². The lowest BCUT2D eigenvalue weighted by Crippen LogP contribution is -2.29. The molecule has 1 aromatic rings. The maximum atomic E-state index is 11.3. The second-order valence-corrected chi connectivity index (χ2v) is 4.11. The number of amides is 2. The van der Waals surface area contributed by atoms with Crippen LogP contribution in [0.2, 0.25) is 0 Å². The fraction of sp³-hybridized carbons (Fsp3) is 0.333. The number of carbonyl (C=O) groups excluding carboxylic acids is 2. The van der Waals surface area contributed by atoms with Crippen LogP contribution >= 0.6 is 11.3 Å². The molecule has 2 heterocycles. The van der Waals surface area contributed by atoms with Crippen LogP contribution < -0.4 is 4.90 Å². The summed E-state index contributed by atoms with van der Waals surface area (Å²) in [5, 5.41) is 8.95. The standard InChI is InChI=1S/C9H9N3O2S/c1-2-3-6-10-11-9(15-6)12-7(13)4-5-8(12)14/h4-5H,2-3H2,1H3. The molecule has 0 N–H and O–H groups in total. The zero-order chi connectivity index (χ0) is 10.8. The molecule has 0 fully saturated rings. The predicted molar refractivity (Wildman–Crippen MR) is 55.5 cm³/mol. The van der Waals surface area contributed by atoms with Gasteiger partial charge in [-0.15, -0.1) is 10.2 Å². The molecule has 1 aliphatic rings. The lowest BCUT2D eigenvalue weighted by molar-refractivity contribution is -0.119. The first-order valence-corrected chi connectivity index (χ1v) is 5.42. The van der Waals surface area contributed by atoms with Crippen molar-refractivity contribution in [2.24, 2.45) is 0 Å². The largest absolute Gasteiger partial charge is 0.269 e. The molecule has 0 aliphatic carbocycles. The van der Waals surface area contributed by atoms with Crippen LogP contribution in [-0.2, 0) is 16.0 Å². The Labute approximate surface area is 90.4 Å². The quantitative estimate of drug-likeness (QED) is 0.715. The summed E-state index contributed by atoms with van der Waals surface area (Å²) in [6.07, 6.45) is 4.27. The molecule has 1 aromatic heterocycles. The van der Waals surface area contributed by atoms with Crippen LogP contribution in [0.15, 0.2) is 12.2 Å². The van der Waals surface area contributed by atoms with Gasteiger partial charge in [0.2, 0.25) is 5.13 Å². The third kappa shape index (κ3) is 1.80. The first-order chi connectivity index (χ1) is 7.22. The van der Waals surface area contributed by atoms with E-state index in [2.05, 4.69) is 10.2 Å². The normalized spacial score (nSPS) is 15.4. The maximum absolute atomic E-state index is 11.3. The highest BCUT2D eigenvalue weighted by molar-refractivity contribution is 7.15. The van der Waals surface area contributed by atoms with E-state index in [1.807, 2.05) is 6.92 Å². The van der Waals surface area contributed by atoms with Crippen molar-refractivity contribution in [3.05, 3.63) is 17.2 Å². The van der Waals surface area contributed by atoms with Gasteiger partial charge in [-0.3, -0.25) is 9.59 Å².